The number of nitrogens with zero attached hydrogens (tertiary/aromatic N) is 2. The molecule has 23 heavy (non-hydrogen) atoms. The third-order valence-electron chi connectivity index (χ3n) is 3.80. The van der Waals surface area contributed by atoms with Crippen molar-refractivity contribution in [3.05, 3.63) is 33.8 Å². The predicted octanol–water partition coefficient (Wildman–Crippen LogP) is 3.78. The van der Waals surface area contributed by atoms with Gasteiger partial charge in [-0.05, 0) is 58.0 Å². The van der Waals surface area contributed by atoms with Gasteiger partial charge in [-0.15, -0.1) is 0 Å². The first kappa shape index (κ1) is 20.1. The summed E-state index contributed by atoms with van der Waals surface area (Å²) in [6, 6.07) is 6.11. The molecule has 1 rings (SSSR count). The van der Waals surface area contributed by atoms with Crippen molar-refractivity contribution in [2.75, 3.05) is 27.2 Å². The Bertz CT molecular complexity index is 503. The number of hydrogen-bond acceptors (Lipinski definition) is 2. The molecule has 0 radical (unpaired) electrons. The van der Waals surface area contributed by atoms with Crippen LogP contribution in [0.25, 0.3) is 0 Å². The molecule has 0 aliphatic rings. The lowest BCUT2D eigenvalue weighted by atomic mass is 10.2. The van der Waals surface area contributed by atoms with E-state index in [0.717, 1.165) is 31.0 Å². The van der Waals surface area contributed by atoms with Crippen molar-refractivity contribution in [3.8, 4) is 0 Å². The molecule has 0 atom stereocenters. The molecule has 0 unspecified atom stereocenters. The van der Waals surface area contributed by atoms with Crippen LogP contribution in [-0.2, 0) is 6.54 Å². The number of nitrogens with one attached hydrogen (secondary N) is 2. The Morgan fingerprint density at radius 3 is 2.57 bits per heavy atom. The zero-order valence-electron chi connectivity index (χ0n) is 14.5. The van der Waals surface area contributed by atoms with Crippen LogP contribution in [0.1, 0.15) is 32.3 Å². The zero-order valence-corrected chi connectivity index (χ0v) is 16.0. The molecule has 0 amide bonds. The molecule has 130 valence electrons. The Morgan fingerprint density at radius 2 is 1.96 bits per heavy atom. The van der Waals surface area contributed by atoms with Crippen molar-refractivity contribution in [1.82, 2.24) is 15.5 Å². The Balaban J connectivity index is 2.27. The molecule has 0 fully saturated rings. The molecular weight excluding hydrogens is 331 g/mol. The van der Waals surface area contributed by atoms with Gasteiger partial charge in [0.25, 0.3) is 0 Å². The maximum absolute atomic E-state index is 6.17. The molecule has 0 aliphatic carbocycles. The van der Waals surface area contributed by atoms with E-state index in [4.69, 9.17) is 23.2 Å². The van der Waals surface area contributed by atoms with Gasteiger partial charge in [-0.3, -0.25) is 4.99 Å². The summed E-state index contributed by atoms with van der Waals surface area (Å²) in [6.07, 6.45) is 2.28. The lowest BCUT2D eigenvalue weighted by Gasteiger charge is -2.20. The third-order valence-corrected chi connectivity index (χ3v) is 4.38. The van der Waals surface area contributed by atoms with Gasteiger partial charge in [0.1, 0.15) is 0 Å². The summed E-state index contributed by atoms with van der Waals surface area (Å²) in [5, 5.41) is 7.90. The first-order valence-electron chi connectivity index (χ1n) is 8.02. The fourth-order valence-electron chi connectivity index (χ4n) is 2.02. The maximum atomic E-state index is 6.17. The van der Waals surface area contributed by atoms with Crippen molar-refractivity contribution < 1.29 is 0 Å². The Kier molecular flexibility index (Phi) is 9.37. The van der Waals surface area contributed by atoms with Crippen LogP contribution >= 0.6 is 23.2 Å². The van der Waals surface area contributed by atoms with Crippen LogP contribution in [0.2, 0.25) is 10.0 Å². The fourth-order valence-corrected chi connectivity index (χ4v) is 2.49. The SMILES string of the molecule is CN=C(NCCCCN(C)C(C)C)NCc1ccc(Cl)cc1Cl. The average Bonchev–Trinajstić information content (AvgIpc) is 2.51. The molecule has 0 saturated heterocycles. The van der Waals surface area contributed by atoms with Gasteiger partial charge in [-0.1, -0.05) is 29.3 Å². The predicted molar refractivity (Wildman–Crippen MR) is 102 cm³/mol. The molecule has 0 aromatic heterocycles. The van der Waals surface area contributed by atoms with E-state index in [1.807, 2.05) is 12.1 Å². The van der Waals surface area contributed by atoms with E-state index in [2.05, 4.69) is 41.4 Å². The quantitative estimate of drug-likeness (QED) is 0.422. The van der Waals surface area contributed by atoms with Gasteiger partial charge >= 0.3 is 0 Å². The van der Waals surface area contributed by atoms with Crippen LogP contribution in [0.15, 0.2) is 23.2 Å². The second-order valence-electron chi connectivity index (χ2n) is 5.87. The van der Waals surface area contributed by atoms with Crippen LogP contribution in [0, 0.1) is 0 Å². The second-order valence-corrected chi connectivity index (χ2v) is 6.71. The Labute approximate surface area is 150 Å². The van der Waals surface area contributed by atoms with Crippen LogP contribution in [-0.4, -0.2) is 44.1 Å². The molecular formula is C17H28Cl2N4. The highest BCUT2D eigenvalue weighted by atomic mass is 35.5. The highest BCUT2D eigenvalue weighted by molar-refractivity contribution is 6.35. The molecule has 4 nitrogen and oxygen atoms in total. The highest BCUT2D eigenvalue weighted by Gasteiger charge is 2.04. The summed E-state index contributed by atoms with van der Waals surface area (Å²) in [6.45, 7) is 7.06. The van der Waals surface area contributed by atoms with Crippen molar-refractivity contribution in [2.24, 2.45) is 4.99 Å². The average molecular weight is 359 g/mol. The highest BCUT2D eigenvalue weighted by Crippen LogP contribution is 2.20. The van der Waals surface area contributed by atoms with Crippen molar-refractivity contribution in [2.45, 2.75) is 39.3 Å². The lowest BCUT2D eigenvalue weighted by molar-refractivity contribution is 0.268. The summed E-state index contributed by atoms with van der Waals surface area (Å²) in [5.74, 6) is 0.785. The second kappa shape index (κ2) is 10.7. The number of hydrogen-bond donors (Lipinski definition) is 2. The standard InChI is InChI=1S/C17H28Cl2N4/c1-13(2)23(4)10-6-5-9-21-17(20-3)22-12-14-7-8-15(18)11-16(14)19/h7-8,11,13H,5-6,9-10,12H2,1-4H3,(H2,20,21,22). The summed E-state index contributed by atoms with van der Waals surface area (Å²) in [7, 11) is 3.93. The summed E-state index contributed by atoms with van der Waals surface area (Å²) in [5.41, 5.74) is 0.998. The van der Waals surface area contributed by atoms with Gasteiger partial charge in [0, 0.05) is 36.2 Å². The number of aliphatic imine (C=N–C) groups is 1. The maximum Gasteiger partial charge on any atom is 0.191 e. The fraction of sp³-hybridized carbons (Fsp3) is 0.588. The van der Waals surface area contributed by atoms with E-state index in [9.17, 15) is 0 Å². The molecule has 6 heteroatoms. The number of unbranched alkanes of at least 4 members (excludes halogenated alkanes) is 1. The molecule has 0 bridgehead atoms. The molecule has 0 aliphatic heterocycles. The Morgan fingerprint density at radius 1 is 1.22 bits per heavy atom. The lowest BCUT2D eigenvalue weighted by Crippen LogP contribution is -2.37. The molecule has 1 aromatic carbocycles. The molecule has 0 heterocycles. The number of guanidine groups is 1. The van der Waals surface area contributed by atoms with Crippen LogP contribution < -0.4 is 10.6 Å². The first-order chi connectivity index (χ1) is 10.9. The monoisotopic (exact) mass is 358 g/mol. The van der Waals surface area contributed by atoms with E-state index in [-0.39, 0.29) is 0 Å². The molecule has 0 saturated carbocycles. The largest absolute Gasteiger partial charge is 0.356 e. The number of halogens is 2. The molecule has 0 spiro atoms. The number of rotatable bonds is 8. The Hall–Kier alpha value is -0.970. The van der Waals surface area contributed by atoms with Crippen LogP contribution in [0.3, 0.4) is 0 Å². The van der Waals surface area contributed by atoms with Crippen LogP contribution in [0.5, 0.6) is 0 Å². The zero-order chi connectivity index (χ0) is 17.2. The van der Waals surface area contributed by atoms with E-state index in [0.29, 0.717) is 22.6 Å². The van der Waals surface area contributed by atoms with Gasteiger partial charge in [0.2, 0.25) is 0 Å². The van der Waals surface area contributed by atoms with E-state index in [1.54, 1.807) is 13.1 Å². The normalized spacial score (nSPS) is 12.1. The topological polar surface area (TPSA) is 39.7 Å². The minimum absolute atomic E-state index is 0.599. The van der Waals surface area contributed by atoms with Crippen LogP contribution in [0.4, 0.5) is 0 Å². The molecule has 1 aromatic rings. The number of benzene rings is 1. The van der Waals surface area contributed by atoms with Crippen molar-refractivity contribution in [1.29, 1.82) is 0 Å². The smallest absolute Gasteiger partial charge is 0.191 e. The van der Waals surface area contributed by atoms with Crippen molar-refractivity contribution in [3.63, 3.8) is 0 Å². The third kappa shape index (κ3) is 7.91. The van der Waals surface area contributed by atoms with Gasteiger partial charge in [-0.25, -0.2) is 0 Å². The van der Waals surface area contributed by atoms with E-state index >= 15 is 0 Å². The molecule has 2 N–H and O–H groups in total. The van der Waals surface area contributed by atoms with E-state index < -0.39 is 0 Å². The minimum Gasteiger partial charge on any atom is -0.356 e. The van der Waals surface area contributed by atoms with E-state index in [1.165, 1.54) is 6.42 Å². The van der Waals surface area contributed by atoms with Crippen molar-refractivity contribution >= 4 is 29.2 Å². The first-order valence-corrected chi connectivity index (χ1v) is 8.78. The van der Waals surface area contributed by atoms with Gasteiger partial charge in [0.05, 0.1) is 0 Å². The summed E-state index contributed by atoms with van der Waals surface area (Å²) < 4.78 is 0. The minimum atomic E-state index is 0.599. The summed E-state index contributed by atoms with van der Waals surface area (Å²) in [4.78, 5) is 6.58. The van der Waals surface area contributed by atoms with Gasteiger partial charge < -0.3 is 15.5 Å². The van der Waals surface area contributed by atoms with Gasteiger partial charge in [0.15, 0.2) is 5.96 Å². The van der Waals surface area contributed by atoms with Gasteiger partial charge in [-0.2, -0.15) is 0 Å². The summed E-state index contributed by atoms with van der Waals surface area (Å²) >= 11 is 12.1.